The quantitative estimate of drug-likeness (QED) is 0.625. The molecule has 0 aliphatic heterocycles. The van der Waals surface area contributed by atoms with Crippen LogP contribution in [0.2, 0.25) is 0 Å². The van der Waals surface area contributed by atoms with Gasteiger partial charge in [0.1, 0.15) is 5.82 Å². The Bertz CT molecular complexity index is 554. The molecule has 0 bridgehead atoms. The Morgan fingerprint density at radius 2 is 1.94 bits per heavy atom. The van der Waals surface area contributed by atoms with Crippen LogP contribution in [0.25, 0.3) is 5.82 Å². The summed E-state index contributed by atoms with van der Waals surface area (Å²) in [7, 11) is -1.64. The van der Waals surface area contributed by atoms with Crippen LogP contribution in [-0.2, 0) is 0 Å². The van der Waals surface area contributed by atoms with Crippen molar-refractivity contribution in [3.8, 4) is 5.82 Å². The van der Waals surface area contributed by atoms with Crippen LogP contribution in [0.5, 0.6) is 0 Å². The molecule has 0 aromatic carbocycles. The molecule has 5 nitrogen and oxygen atoms in total. The summed E-state index contributed by atoms with van der Waals surface area (Å²) in [4.78, 5) is 15.5. The fourth-order valence-corrected chi connectivity index (χ4v) is 1.33. The fourth-order valence-electron chi connectivity index (χ4n) is 1.33. The Morgan fingerprint density at radius 1 is 1.12 bits per heavy atom. The van der Waals surface area contributed by atoms with Gasteiger partial charge in [-0.15, -0.1) is 0 Å². The zero-order valence-corrected chi connectivity index (χ0v) is 8.32. The van der Waals surface area contributed by atoms with Gasteiger partial charge in [-0.25, -0.2) is 4.98 Å². The maximum atomic E-state index is 11.5. The van der Waals surface area contributed by atoms with E-state index in [0.29, 0.717) is 5.82 Å². The maximum absolute atomic E-state index is 11.5. The Hall–Kier alpha value is -1.92. The molecule has 0 radical (unpaired) electrons. The number of rotatable bonds is 2. The van der Waals surface area contributed by atoms with Gasteiger partial charge in [-0.2, -0.15) is 0 Å². The number of pyridine rings is 2. The van der Waals surface area contributed by atoms with Crippen molar-refractivity contribution in [2.24, 2.45) is 0 Å². The number of nitrogens with zero attached hydrogens (tertiary/aromatic N) is 2. The molecule has 2 heterocycles. The molecule has 0 unspecified atom stereocenters. The minimum absolute atomic E-state index is 0.105. The molecule has 0 aliphatic rings. The fraction of sp³-hybridized carbons (Fsp3) is 0. The molecule has 0 atom stereocenters. The minimum Gasteiger partial charge on any atom is -0.422 e. The first kappa shape index (κ1) is 10.6. The van der Waals surface area contributed by atoms with Crippen molar-refractivity contribution in [2.75, 3.05) is 0 Å². The predicted molar refractivity (Wildman–Crippen MR) is 59.7 cm³/mol. The lowest BCUT2D eigenvalue weighted by Gasteiger charge is -2.05. The van der Waals surface area contributed by atoms with Crippen molar-refractivity contribution in [3.05, 3.63) is 52.9 Å². The molecule has 80 valence electrons. The van der Waals surface area contributed by atoms with E-state index < -0.39 is 7.12 Å². The summed E-state index contributed by atoms with van der Waals surface area (Å²) >= 11 is 0. The second kappa shape index (κ2) is 4.30. The topological polar surface area (TPSA) is 75.4 Å². The molecule has 2 N–H and O–H groups in total. The van der Waals surface area contributed by atoms with Crippen LogP contribution in [0.1, 0.15) is 0 Å². The van der Waals surface area contributed by atoms with E-state index in [9.17, 15) is 4.79 Å². The summed E-state index contributed by atoms with van der Waals surface area (Å²) in [5, 5.41) is 17.9. The van der Waals surface area contributed by atoms with Gasteiger partial charge in [0.2, 0.25) is 0 Å². The zero-order chi connectivity index (χ0) is 11.5. The van der Waals surface area contributed by atoms with E-state index in [1.54, 1.807) is 30.5 Å². The average molecular weight is 216 g/mol. The van der Waals surface area contributed by atoms with Crippen LogP contribution < -0.4 is 11.2 Å². The SMILES string of the molecule is O=c1ccccn1-c1cccc(B(O)O)n1. The molecule has 6 heteroatoms. The largest absolute Gasteiger partial charge is 0.508 e. The van der Waals surface area contributed by atoms with E-state index in [1.165, 1.54) is 16.7 Å². The first-order chi connectivity index (χ1) is 7.68. The molecule has 0 fully saturated rings. The van der Waals surface area contributed by atoms with Gasteiger partial charge in [-0.05, 0) is 18.2 Å². The molecule has 0 amide bonds. The highest BCUT2D eigenvalue weighted by atomic mass is 16.4. The lowest BCUT2D eigenvalue weighted by atomic mass is 9.86. The third-order valence-corrected chi connectivity index (χ3v) is 2.09. The third kappa shape index (κ3) is 2.02. The van der Waals surface area contributed by atoms with E-state index >= 15 is 0 Å². The lowest BCUT2D eigenvalue weighted by molar-refractivity contribution is 0.424. The summed E-state index contributed by atoms with van der Waals surface area (Å²) in [6.07, 6.45) is 1.57. The Balaban J connectivity index is 2.53. The van der Waals surface area contributed by atoms with E-state index in [-0.39, 0.29) is 11.2 Å². The first-order valence-corrected chi connectivity index (χ1v) is 4.69. The van der Waals surface area contributed by atoms with Crippen molar-refractivity contribution in [1.82, 2.24) is 9.55 Å². The summed E-state index contributed by atoms with van der Waals surface area (Å²) < 4.78 is 1.33. The molecule has 2 aromatic heterocycles. The van der Waals surface area contributed by atoms with Gasteiger partial charge in [0.05, 0.1) is 5.59 Å². The maximum Gasteiger partial charge on any atom is 0.508 e. The summed E-state index contributed by atoms with van der Waals surface area (Å²) in [6, 6.07) is 9.43. The van der Waals surface area contributed by atoms with Gasteiger partial charge in [-0.3, -0.25) is 9.36 Å². The molecule has 0 spiro atoms. The molecular formula is C10H9BN2O3. The first-order valence-electron chi connectivity index (χ1n) is 4.69. The van der Waals surface area contributed by atoms with Gasteiger partial charge in [0, 0.05) is 12.3 Å². The lowest BCUT2D eigenvalue weighted by Crippen LogP contribution is -2.34. The van der Waals surface area contributed by atoms with Gasteiger partial charge in [-0.1, -0.05) is 12.1 Å². The van der Waals surface area contributed by atoms with Crippen molar-refractivity contribution in [2.45, 2.75) is 0 Å². The highest BCUT2D eigenvalue weighted by Crippen LogP contribution is 1.97. The van der Waals surface area contributed by atoms with Crippen LogP contribution in [0.4, 0.5) is 0 Å². The van der Waals surface area contributed by atoms with Gasteiger partial charge in [0.15, 0.2) is 0 Å². The molecule has 16 heavy (non-hydrogen) atoms. The highest BCUT2D eigenvalue weighted by Gasteiger charge is 2.13. The number of hydrogen-bond donors (Lipinski definition) is 2. The predicted octanol–water partition coefficient (Wildman–Crippen LogP) is -1.09. The highest BCUT2D eigenvalue weighted by molar-refractivity contribution is 6.57. The summed E-state index contributed by atoms with van der Waals surface area (Å²) in [5.41, 5.74) is -0.118. The van der Waals surface area contributed by atoms with E-state index in [2.05, 4.69) is 4.98 Å². The molecule has 2 aromatic rings. The van der Waals surface area contributed by atoms with E-state index in [4.69, 9.17) is 10.0 Å². The minimum atomic E-state index is -1.64. The molecule has 0 aliphatic carbocycles. The monoisotopic (exact) mass is 216 g/mol. The Labute approximate surface area is 91.8 Å². The Kier molecular flexibility index (Phi) is 2.85. The molecule has 0 saturated heterocycles. The van der Waals surface area contributed by atoms with Crippen LogP contribution in [0.15, 0.2) is 47.4 Å². The zero-order valence-electron chi connectivity index (χ0n) is 8.32. The van der Waals surface area contributed by atoms with E-state index in [1.807, 2.05) is 0 Å². The standard InChI is InChI=1S/C10H9BN2O3/c14-10-6-1-2-7-13(10)9-5-3-4-8(12-9)11(15)16/h1-7,15-16H. The van der Waals surface area contributed by atoms with Gasteiger partial charge < -0.3 is 10.0 Å². The number of aromatic nitrogens is 2. The second-order valence-electron chi connectivity index (χ2n) is 3.20. The van der Waals surface area contributed by atoms with E-state index in [0.717, 1.165) is 0 Å². The second-order valence-corrected chi connectivity index (χ2v) is 3.20. The van der Waals surface area contributed by atoms with Crippen molar-refractivity contribution in [3.63, 3.8) is 0 Å². The van der Waals surface area contributed by atoms with Crippen molar-refractivity contribution < 1.29 is 10.0 Å². The summed E-state index contributed by atoms with van der Waals surface area (Å²) in [6.45, 7) is 0. The Morgan fingerprint density at radius 3 is 2.62 bits per heavy atom. The summed E-state index contributed by atoms with van der Waals surface area (Å²) in [5.74, 6) is 0.358. The number of hydrogen-bond acceptors (Lipinski definition) is 4. The molecule has 2 rings (SSSR count). The van der Waals surface area contributed by atoms with Crippen LogP contribution in [0.3, 0.4) is 0 Å². The van der Waals surface area contributed by atoms with Crippen molar-refractivity contribution >= 4 is 12.7 Å². The third-order valence-electron chi connectivity index (χ3n) is 2.09. The van der Waals surface area contributed by atoms with Crippen LogP contribution in [0, 0.1) is 0 Å². The van der Waals surface area contributed by atoms with Crippen molar-refractivity contribution in [1.29, 1.82) is 0 Å². The normalized spacial score (nSPS) is 10.1. The van der Waals surface area contributed by atoms with Crippen LogP contribution in [-0.4, -0.2) is 26.7 Å². The molecule has 0 saturated carbocycles. The van der Waals surface area contributed by atoms with Gasteiger partial charge >= 0.3 is 7.12 Å². The van der Waals surface area contributed by atoms with Crippen LogP contribution >= 0.6 is 0 Å². The smallest absolute Gasteiger partial charge is 0.422 e. The van der Waals surface area contributed by atoms with Gasteiger partial charge in [0.25, 0.3) is 5.56 Å². The molecular weight excluding hydrogens is 207 g/mol. The average Bonchev–Trinajstić information content (AvgIpc) is 2.30.